The Morgan fingerprint density at radius 3 is 1.91 bits per heavy atom. The first-order valence-electron chi connectivity index (χ1n) is 12.6. The van der Waals surface area contributed by atoms with Crippen LogP contribution < -0.4 is 4.74 Å². The van der Waals surface area contributed by atoms with Crippen molar-refractivity contribution in [3.05, 3.63) is 64.2 Å². The molecule has 0 bridgehead atoms. The molecule has 0 amide bonds. The largest absolute Gasteiger partial charge is 0.491 e. The fourth-order valence-electron chi connectivity index (χ4n) is 5.50. The molecule has 0 spiro atoms. The second-order valence-electron chi connectivity index (χ2n) is 9.77. The average Bonchev–Trinajstić information content (AvgIpc) is 2.86. The van der Waals surface area contributed by atoms with E-state index >= 15 is 0 Å². The number of ether oxygens (including phenoxy) is 2. The van der Waals surface area contributed by atoms with Crippen molar-refractivity contribution in [1.29, 1.82) is 0 Å². The lowest BCUT2D eigenvalue weighted by Gasteiger charge is -2.32. The first kappa shape index (κ1) is 25.5. The molecule has 35 heavy (non-hydrogen) atoms. The summed E-state index contributed by atoms with van der Waals surface area (Å²) in [6.07, 6.45) is 4.52. The second-order valence-corrected chi connectivity index (χ2v) is 9.77. The number of benzene rings is 2. The summed E-state index contributed by atoms with van der Waals surface area (Å²) in [5, 5.41) is 0. The van der Waals surface area contributed by atoms with Crippen molar-refractivity contribution in [2.24, 2.45) is 5.92 Å². The second kappa shape index (κ2) is 11.0. The zero-order chi connectivity index (χ0) is 25.1. The molecule has 0 atom stereocenters. The van der Waals surface area contributed by atoms with Gasteiger partial charge in [0.2, 0.25) is 5.82 Å². The molecule has 0 saturated heterocycles. The van der Waals surface area contributed by atoms with Crippen LogP contribution in [-0.2, 0) is 9.53 Å². The average molecular weight is 493 g/mol. The van der Waals surface area contributed by atoms with Crippen LogP contribution in [0, 0.1) is 36.1 Å². The van der Waals surface area contributed by atoms with Crippen LogP contribution in [0.15, 0.2) is 24.3 Å². The molecule has 7 heteroatoms. The summed E-state index contributed by atoms with van der Waals surface area (Å²) in [5.74, 6) is -4.23. The van der Waals surface area contributed by atoms with Gasteiger partial charge in [0.25, 0.3) is 0 Å². The molecule has 2 aromatic carbocycles. The Bertz CT molecular complexity index is 1050. The van der Waals surface area contributed by atoms with Crippen LogP contribution in [-0.4, -0.2) is 18.7 Å². The molecule has 0 aromatic heterocycles. The summed E-state index contributed by atoms with van der Waals surface area (Å²) in [6, 6.07) is 6.30. The molecule has 2 aliphatic carbocycles. The molecule has 190 valence electrons. The molecule has 0 N–H and O–H groups in total. The Morgan fingerprint density at radius 2 is 1.31 bits per heavy atom. The predicted molar refractivity (Wildman–Crippen MR) is 124 cm³/mol. The molecule has 0 unspecified atom stereocenters. The van der Waals surface area contributed by atoms with Gasteiger partial charge in [0.1, 0.15) is 6.10 Å². The highest BCUT2D eigenvalue weighted by molar-refractivity contribution is 5.72. The highest BCUT2D eigenvalue weighted by Crippen LogP contribution is 2.40. The number of hydrogen-bond acceptors (Lipinski definition) is 3. The van der Waals surface area contributed by atoms with E-state index in [1.807, 2.05) is 0 Å². The van der Waals surface area contributed by atoms with E-state index in [0.29, 0.717) is 68.1 Å². The number of halogens is 4. The number of rotatable bonds is 6. The molecule has 4 rings (SSSR count). The molecule has 2 aliphatic rings. The summed E-state index contributed by atoms with van der Waals surface area (Å²) in [5.41, 5.74) is 1.02. The van der Waals surface area contributed by atoms with Crippen molar-refractivity contribution in [2.75, 3.05) is 6.61 Å². The van der Waals surface area contributed by atoms with E-state index in [0.717, 1.165) is 0 Å². The van der Waals surface area contributed by atoms with Gasteiger partial charge in [-0.3, -0.25) is 4.79 Å². The van der Waals surface area contributed by atoms with Gasteiger partial charge in [0.15, 0.2) is 23.2 Å². The molecule has 2 saturated carbocycles. The third kappa shape index (κ3) is 5.49. The zero-order valence-electron chi connectivity index (χ0n) is 20.2. The smallest absolute Gasteiger partial charge is 0.309 e. The lowest BCUT2D eigenvalue weighted by Crippen LogP contribution is -2.30. The molecule has 3 nitrogen and oxygen atoms in total. The van der Waals surface area contributed by atoms with E-state index in [4.69, 9.17) is 9.47 Å². The van der Waals surface area contributed by atoms with Crippen LogP contribution in [0.2, 0.25) is 0 Å². The van der Waals surface area contributed by atoms with E-state index < -0.39 is 23.3 Å². The van der Waals surface area contributed by atoms with Gasteiger partial charge in [-0.2, -0.15) is 4.39 Å². The van der Waals surface area contributed by atoms with Gasteiger partial charge in [-0.15, -0.1) is 0 Å². The van der Waals surface area contributed by atoms with Gasteiger partial charge in [0.05, 0.1) is 12.5 Å². The maximum absolute atomic E-state index is 14.6. The Kier molecular flexibility index (Phi) is 8.02. The van der Waals surface area contributed by atoms with Gasteiger partial charge >= 0.3 is 5.97 Å². The number of carbonyl (C=O) groups is 1. The van der Waals surface area contributed by atoms with Gasteiger partial charge in [-0.25, -0.2) is 13.2 Å². The van der Waals surface area contributed by atoms with Crippen molar-refractivity contribution >= 4 is 5.97 Å². The highest BCUT2D eigenvalue weighted by Gasteiger charge is 2.33. The maximum Gasteiger partial charge on any atom is 0.309 e. The van der Waals surface area contributed by atoms with Crippen molar-refractivity contribution in [1.82, 2.24) is 0 Å². The van der Waals surface area contributed by atoms with E-state index in [1.54, 1.807) is 32.0 Å². The fraction of sp³-hybridized carbons (Fsp3) is 0.536. The number of hydrogen-bond donors (Lipinski definition) is 0. The van der Waals surface area contributed by atoms with Gasteiger partial charge in [0, 0.05) is 0 Å². The Labute approximate surface area is 203 Å². The molecule has 0 heterocycles. The van der Waals surface area contributed by atoms with Crippen molar-refractivity contribution < 1.29 is 31.8 Å². The third-order valence-corrected chi connectivity index (χ3v) is 7.58. The lowest BCUT2D eigenvalue weighted by atomic mass is 9.78. The summed E-state index contributed by atoms with van der Waals surface area (Å²) in [7, 11) is 0. The predicted octanol–water partition coefficient (Wildman–Crippen LogP) is 7.49. The molecular formula is C28H32F4O3. The van der Waals surface area contributed by atoms with Crippen molar-refractivity contribution in [3.8, 4) is 5.75 Å². The topological polar surface area (TPSA) is 35.5 Å². The van der Waals surface area contributed by atoms with E-state index in [2.05, 4.69) is 0 Å². The van der Waals surface area contributed by atoms with Crippen molar-refractivity contribution in [3.63, 3.8) is 0 Å². The number of carbonyl (C=O) groups excluding carboxylic acids is 1. The lowest BCUT2D eigenvalue weighted by molar-refractivity contribution is -0.157. The van der Waals surface area contributed by atoms with E-state index in [-0.39, 0.29) is 42.2 Å². The molecule has 2 aromatic rings. The SMILES string of the molecule is CCOc1ccc(C2CCC(C(=O)OC3CCC(c4ccc(C)c(F)c4F)CC3)CC2)c(F)c1F. The number of aryl methyl sites for hydroxylation is 1. The Hall–Kier alpha value is -2.57. The number of esters is 1. The molecule has 2 fully saturated rings. The quantitative estimate of drug-likeness (QED) is 0.310. The zero-order valence-corrected chi connectivity index (χ0v) is 20.2. The van der Waals surface area contributed by atoms with Crippen LogP contribution in [0.3, 0.4) is 0 Å². The first-order chi connectivity index (χ1) is 16.8. The third-order valence-electron chi connectivity index (χ3n) is 7.58. The van der Waals surface area contributed by atoms with Crippen LogP contribution in [0.1, 0.15) is 86.8 Å². The van der Waals surface area contributed by atoms with Crippen LogP contribution in [0.4, 0.5) is 17.6 Å². The first-order valence-corrected chi connectivity index (χ1v) is 12.6. The monoisotopic (exact) mass is 492 g/mol. The van der Waals surface area contributed by atoms with E-state index in [1.165, 1.54) is 6.07 Å². The van der Waals surface area contributed by atoms with E-state index in [9.17, 15) is 22.4 Å². The van der Waals surface area contributed by atoms with Crippen LogP contribution in [0.25, 0.3) is 0 Å². The standard InChI is InChI=1S/C28H32F4O3/c1-3-34-23-15-14-22(26(31)27(23)32)17-5-7-19(8-6-17)28(33)35-20-11-9-18(10-12-20)21-13-4-16(2)24(29)25(21)30/h4,13-15,17-20H,3,5-12H2,1-2H3. The summed E-state index contributed by atoms with van der Waals surface area (Å²) < 4.78 is 68.0. The van der Waals surface area contributed by atoms with Crippen LogP contribution in [0.5, 0.6) is 5.75 Å². The summed E-state index contributed by atoms with van der Waals surface area (Å²) in [6.45, 7) is 3.51. The molecular weight excluding hydrogens is 460 g/mol. The summed E-state index contributed by atoms with van der Waals surface area (Å²) >= 11 is 0. The van der Waals surface area contributed by atoms with Gasteiger partial charge in [-0.05, 0) is 99.8 Å². The summed E-state index contributed by atoms with van der Waals surface area (Å²) in [4.78, 5) is 12.8. The van der Waals surface area contributed by atoms with Gasteiger partial charge < -0.3 is 9.47 Å². The van der Waals surface area contributed by atoms with Crippen LogP contribution >= 0.6 is 0 Å². The fourth-order valence-corrected chi connectivity index (χ4v) is 5.50. The minimum Gasteiger partial charge on any atom is -0.491 e. The Morgan fingerprint density at radius 1 is 0.771 bits per heavy atom. The van der Waals surface area contributed by atoms with Crippen molar-refractivity contribution in [2.45, 2.75) is 83.2 Å². The maximum atomic E-state index is 14.6. The molecule has 0 aliphatic heterocycles. The minimum absolute atomic E-state index is 0.0834. The highest BCUT2D eigenvalue weighted by atomic mass is 19.2. The van der Waals surface area contributed by atoms with Gasteiger partial charge in [-0.1, -0.05) is 18.2 Å². The normalized spacial score (nSPS) is 24.7. The molecule has 0 radical (unpaired) electrons. The minimum atomic E-state index is -0.963. The Balaban J connectivity index is 1.27.